The topological polar surface area (TPSA) is 45.2 Å². The van der Waals surface area contributed by atoms with E-state index in [1.165, 1.54) is 6.42 Å². The second-order valence-corrected chi connectivity index (χ2v) is 6.27. The number of rotatable bonds is 3. The molecule has 1 aromatic rings. The molecule has 4 heteroatoms. The summed E-state index contributed by atoms with van der Waals surface area (Å²) in [6.07, 6.45) is 5.05. The fraction of sp³-hybridized carbons (Fsp3) is 0.625. The maximum absolute atomic E-state index is 12.6. The molecule has 20 heavy (non-hydrogen) atoms. The quantitative estimate of drug-likeness (QED) is 0.921. The summed E-state index contributed by atoms with van der Waals surface area (Å²) in [5, 5.41) is 3.15. The number of nitrogens with zero attached hydrogens (tertiary/aromatic N) is 2. The van der Waals surface area contributed by atoms with Crippen LogP contribution in [0.2, 0.25) is 0 Å². The van der Waals surface area contributed by atoms with Crippen molar-refractivity contribution in [3.63, 3.8) is 0 Å². The number of aromatic nitrogens is 1. The lowest BCUT2D eigenvalue weighted by Gasteiger charge is -2.23. The number of nitrogens with one attached hydrogen (secondary N) is 1. The minimum absolute atomic E-state index is 0.129. The lowest BCUT2D eigenvalue weighted by atomic mass is 9.85. The van der Waals surface area contributed by atoms with Crippen LogP contribution in [0, 0.1) is 5.41 Å². The molecule has 0 atom stereocenters. The molecule has 1 fully saturated rings. The second kappa shape index (κ2) is 6.25. The molecular formula is C16H25N3O. The van der Waals surface area contributed by atoms with E-state index in [2.05, 4.69) is 24.1 Å². The van der Waals surface area contributed by atoms with Gasteiger partial charge in [-0.1, -0.05) is 13.8 Å². The van der Waals surface area contributed by atoms with Crippen LogP contribution >= 0.6 is 0 Å². The number of carbonyl (C=O) groups is 1. The first-order valence-electron chi connectivity index (χ1n) is 7.51. The molecule has 1 aliphatic rings. The van der Waals surface area contributed by atoms with Gasteiger partial charge in [-0.2, -0.15) is 0 Å². The zero-order chi connectivity index (χ0) is 14.6. The Morgan fingerprint density at radius 3 is 2.95 bits per heavy atom. The Hall–Kier alpha value is -1.58. The number of likely N-dealkylation sites (tertiary alicyclic amines) is 1. The van der Waals surface area contributed by atoms with Crippen molar-refractivity contribution in [1.29, 1.82) is 0 Å². The molecule has 2 heterocycles. The Labute approximate surface area is 121 Å². The highest BCUT2D eigenvalue weighted by atomic mass is 16.2. The average molecular weight is 275 g/mol. The fourth-order valence-electron chi connectivity index (χ4n) is 2.65. The summed E-state index contributed by atoms with van der Waals surface area (Å²) in [4.78, 5) is 18.8. The Bertz CT molecular complexity index is 471. The molecule has 110 valence electrons. The van der Waals surface area contributed by atoms with Gasteiger partial charge >= 0.3 is 0 Å². The lowest BCUT2D eigenvalue weighted by Crippen LogP contribution is -2.32. The molecule has 0 radical (unpaired) electrons. The molecule has 4 nitrogen and oxygen atoms in total. The van der Waals surface area contributed by atoms with Crippen LogP contribution in [0.25, 0.3) is 0 Å². The van der Waals surface area contributed by atoms with E-state index in [-0.39, 0.29) is 5.91 Å². The maximum Gasteiger partial charge on any atom is 0.254 e. The van der Waals surface area contributed by atoms with Gasteiger partial charge in [0.05, 0.1) is 0 Å². The zero-order valence-electron chi connectivity index (χ0n) is 12.8. The predicted molar refractivity (Wildman–Crippen MR) is 81.9 cm³/mol. The van der Waals surface area contributed by atoms with Gasteiger partial charge in [0.2, 0.25) is 0 Å². The minimum Gasteiger partial charge on any atom is -0.370 e. The highest BCUT2D eigenvalue weighted by Crippen LogP contribution is 2.30. The molecule has 0 spiro atoms. The van der Waals surface area contributed by atoms with Gasteiger partial charge in [-0.3, -0.25) is 4.79 Å². The molecule has 2 rings (SSSR count). The van der Waals surface area contributed by atoms with Gasteiger partial charge in [-0.25, -0.2) is 4.98 Å². The lowest BCUT2D eigenvalue weighted by molar-refractivity contribution is 0.0757. The van der Waals surface area contributed by atoms with Gasteiger partial charge in [0.25, 0.3) is 5.91 Å². The van der Waals surface area contributed by atoms with E-state index in [0.29, 0.717) is 5.41 Å². The third-order valence-electron chi connectivity index (χ3n) is 3.99. The van der Waals surface area contributed by atoms with E-state index in [9.17, 15) is 4.79 Å². The van der Waals surface area contributed by atoms with E-state index in [1.807, 2.05) is 17.9 Å². The first kappa shape index (κ1) is 14.8. The standard InChI is InChI=1S/C16H25N3O/c1-4-17-14-12-13(6-9-18-14)15(20)19-10-5-7-16(2,3)8-11-19/h6,9,12H,4-5,7-8,10-11H2,1-3H3,(H,17,18). The number of amides is 1. The Morgan fingerprint density at radius 1 is 1.40 bits per heavy atom. The molecule has 1 N–H and O–H groups in total. The van der Waals surface area contributed by atoms with Gasteiger partial charge in [0, 0.05) is 31.4 Å². The predicted octanol–water partition coefficient (Wildman–Crippen LogP) is 3.17. The van der Waals surface area contributed by atoms with Gasteiger partial charge in [-0.05, 0) is 43.7 Å². The largest absolute Gasteiger partial charge is 0.370 e. The molecule has 1 aromatic heterocycles. The van der Waals surface area contributed by atoms with E-state index in [1.54, 1.807) is 12.3 Å². The zero-order valence-corrected chi connectivity index (χ0v) is 12.8. The van der Waals surface area contributed by atoms with Crippen LogP contribution in [-0.2, 0) is 0 Å². The smallest absolute Gasteiger partial charge is 0.254 e. The molecule has 0 bridgehead atoms. The third-order valence-corrected chi connectivity index (χ3v) is 3.99. The van der Waals surface area contributed by atoms with Crippen LogP contribution in [0.15, 0.2) is 18.3 Å². The first-order valence-corrected chi connectivity index (χ1v) is 7.51. The number of hydrogen-bond acceptors (Lipinski definition) is 3. The molecule has 0 aliphatic carbocycles. The molecule has 1 amide bonds. The van der Waals surface area contributed by atoms with Crippen molar-refractivity contribution >= 4 is 11.7 Å². The van der Waals surface area contributed by atoms with Crippen molar-refractivity contribution in [2.75, 3.05) is 25.0 Å². The summed E-state index contributed by atoms with van der Waals surface area (Å²) in [5.41, 5.74) is 1.08. The van der Waals surface area contributed by atoms with Gasteiger partial charge < -0.3 is 10.2 Å². The summed E-state index contributed by atoms with van der Waals surface area (Å²) < 4.78 is 0. The van der Waals surface area contributed by atoms with E-state index in [0.717, 1.165) is 43.9 Å². The van der Waals surface area contributed by atoms with Crippen molar-refractivity contribution in [3.8, 4) is 0 Å². The monoisotopic (exact) mass is 275 g/mol. The third kappa shape index (κ3) is 3.71. The molecule has 0 unspecified atom stereocenters. The van der Waals surface area contributed by atoms with Gasteiger partial charge in [-0.15, -0.1) is 0 Å². The molecule has 0 aromatic carbocycles. The van der Waals surface area contributed by atoms with Crippen LogP contribution < -0.4 is 5.32 Å². The Balaban J connectivity index is 2.08. The van der Waals surface area contributed by atoms with E-state index in [4.69, 9.17) is 0 Å². The molecule has 1 saturated heterocycles. The van der Waals surface area contributed by atoms with Crippen molar-refractivity contribution in [2.24, 2.45) is 5.41 Å². The summed E-state index contributed by atoms with van der Waals surface area (Å²) >= 11 is 0. The molecule has 1 aliphatic heterocycles. The van der Waals surface area contributed by atoms with Crippen molar-refractivity contribution < 1.29 is 4.79 Å². The van der Waals surface area contributed by atoms with Crippen LogP contribution in [0.5, 0.6) is 0 Å². The normalized spacial score (nSPS) is 18.4. The highest BCUT2D eigenvalue weighted by Gasteiger charge is 2.25. The van der Waals surface area contributed by atoms with Crippen LogP contribution in [0.3, 0.4) is 0 Å². The Kier molecular flexibility index (Phi) is 4.63. The van der Waals surface area contributed by atoms with Crippen molar-refractivity contribution in [1.82, 2.24) is 9.88 Å². The fourth-order valence-corrected chi connectivity index (χ4v) is 2.65. The highest BCUT2D eigenvalue weighted by molar-refractivity contribution is 5.94. The minimum atomic E-state index is 0.129. The van der Waals surface area contributed by atoms with Crippen LogP contribution in [0.4, 0.5) is 5.82 Å². The number of carbonyl (C=O) groups excluding carboxylic acids is 1. The van der Waals surface area contributed by atoms with Crippen LogP contribution in [0.1, 0.15) is 50.4 Å². The van der Waals surface area contributed by atoms with E-state index >= 15 is 0 Å². The van der Waals surface area contributed by atoms with Gasteiger partial charge in [0.15, 0.2) is 0 Å². The molecular weight excluding hydrogens is 250 g/mol. The second-order valence-electron chi connectivity index (χ2n) is 6.27. The number of hydrogen-bond donors (Lipinski definition) is 1. The van der Waals surface area contributed by atoms with Crippen molar-refractivity contribution in [2.45, 2.75) is 40.0 Å². The summed E-state index contributed by atoms with van der Waals surface area (Å²) in [5.74, 6) is 0.901. The number of anilines is 1. The van der Waals surface area contributed by atoms with Crippen LogP contribution in [-0.4, -0.2) is 35.4 Å². The van der Waals surface area contributed by atoms with E-state index < -0.39 is 0 Å². The summed E-state index contributed by atoms with van der Waals surface area (Å²) in [6.45, 7) is 9.12. The summed E-state index contributed by atoms with van der Waals surface area (Å²) in [7, 11) is 0. The first-order chi connectivity index (χ1) is 9.52. The Morgan fingerprint density at radius 2 is 2.20 bits per heavy atom. The SMILES string of the molecule is CCNc1cc(C(=O)N2CCCC(C)(C)CC2)ccn1. The average Bonchev–Trinajstić information content (AvgIpc) is 2.60. The summed E-state index contributed by atoms with van der Waals surface area (Å²) in [6, 6.07) is 3.65. The molecule has 0 saturated carbocycles. The maximum atomic E-state index is 12.6. The van der Waals surface area contributed by atoms with Gasteiger partial charge in [0.1, 0.15) is 5.82 Å². The van der Waals surface area contributed by atoms with Crippen molar-refractivity contribution in [3.05, 3.63) is 23.9 Å². The number of pyridine rings is 1.